The van der Waals surface area contributed by atoms with Crippen molar-refractivity contribution in [3.63, 3.8) is 0 Å². The van der Waals surface area contributed by atoms with Gasteiger partial charge in [-0.2, -0.15) is 0 Å². The molecule has 0 aliphatic heterocycles. The fourth-order valence-corrected chi connectivity index (χ4v) is 3.94. The lowest BCUT2D eigenvalue weighted by atomic mass is 9.98. The molecule has 0 bridgehead atoms. The molecule has 36 heavy (non-hydrogen) atoms. The summed E-state index contributed by atoms with van der Waals surface area (Å²) in [6.07, 6.45) is 0.693. The lowest BCUT2D eigenvalue weighted by Gasteiger charge is -2.21. The Balaban J connectivity index is 1.65. The summed E-state index contributed by atoms with van der Waals surface area (Å²) in [6.45, 7) is 7.75. The maximum absolute atomic E-state index is 12.2. The van der Waals surface area contributed by atoms with Gasteiger partial charge in [-0.3, -0.25) is 9.59 Å². The maximum atomic E-state index is 12.2. The molecule has 3 aromatic carbocycles. The first-order valence-electron chi connectivity index (χ1n) is 12.4. The Morgan fingerprint density at radius 1 is 0.917 bits per heavy atom. The quantitative estimate of drug-likeness (QED) is 0.293. The highest BCUT2D eigenvalue weighted by molar-refractivity contribution is 5.94. The molecule has 0 aliphatic rings. The molecule has 0 aliphatic carbocycles. The minimum Gasteiger partial charge on any atom is -0.481 e. The van der Waals surface area contributed by atoms with Crippen molar-refractivity contribution in [2.24, 2.45) is 5.92 Å². The van der Waals surface area contributed by atoms with Crippen molar-refractivity contribution < 1.29 is 19.4 Å². The molecule has 0 heterocycles. The van der Waals surface area contributed by atoms with Crippen molar-refractivity contribution >= 4 is 17.6 Å². The monoisotopic (exact) mass is 488 g/mol. The van der Waals surface area contributed by atoms with Gasteiger partial charge in [-0.15, -0.1) is 0 Å². The van der Waals surface area contributed by atoms with Gasteiger partial charge in [0, 0.05) is 24.4 Å². The van der Waals surface area contributed by atoms with Crippen LogP contribution in [-0.4, -0.2) is 42.8 Å². The van der Waals surface area contributed by atoms with Crippen LogP contribution in [0, 0.1) is 12.8 Å². The Morgan fingerprint density at radius 3 is 2.25 bits per heavy atom. The Morgan fingerprint density at radius 2 is 1.61 bits per heavy atom. The second-order valence-corrected chi connectivity index (χ2v) is 9.47. The van der Waals surface area contributed by atoms with E-state index in [1.165, 1.54) is 22.3 Å². The van der Waals surface area contributed by atoms with Crippen LogP contribution in [0.15, 0.2) is 72.8 Å². The smallest absolute Gasteiger partial charge is 0.305 e. The zero-order valence-electron chi connectivity index (χ0n) is 21.3. The lowest BCUT2D eigenvalue weighted by Crippen LogP contribution is -2.29. The molecule has 6 nitrogen and oxygen atoms in total. The number of nitrogens with one attached hydrogen (secondary N) is 2. The third kappa shape index (κ3) is 8.54. The van der Waals surface area contributed by atoms with Crippen LogP contribution in [0.5, 0.6) is 0 Å². The van der Waals surface area contributed by atoms with Gasteiger partial charge in [-0.25, -0.2) is 0 Å². The van der Waals surface area contributed by atoms with E-state index in [1.54, 1.807) is 12.1 Å². The number of amides is 1. The van der Waals surface area contributed by atoms with E-state index in [4.69, 9.17) is 9.84 Å². The minimum absolute atomic E-state index is 0.0586. The Bertz CT molecular complexity index is 1120. The molecule has 0 saturated carbocycles. The van der Waals surface area contributed by atoms with Crippen LogP contribution in [0.2, 0.25) is 0 Å². The standard InChI is InChI=1S/C30H36N2O4/c1-21(2)19-36-20-27(18-23-8-10-24(11-9-23)28-7-5-4-6-22(28)3)32-26-14-12-25(13-15-26)30(35)31-17-16-29(33)34/h4-15,21,27,32H,16-20H2,1-3H3,(H,31,35)(H,33,34)/t27-/m0/s1. The second kappa shape index (κ2) is 13.4. The molecule has 0 spiro atoms. The van der Waals surface area contributed by atoms with Gasteiger partial charge in [-0.05, 0) is 65.8 Å². The Hall–Kier alpha value is -3.64. The summed E-state index contributed by atoms with van der Waals surface area (Å²) < 4.78 is 5.96. The molecule has 0 unspecified atom stereocenters. The largest absolute Gasteiger partial charge is 0.481 e. The topological polar surface area (TPSA) is 87.7 Å². The molecular weight excluding hydrogens is 452 g/mol. The summed E-state index contributed by atoms with van der Waals surface area (Å²) in [7, 11) is 0. The van der Waals surface area contributed by atoms with Crippen LogP contribution >= 0.6 is 0 Å². The van der Waals surface area contributed by atoms with Gasteiger partial charge in [-0.1, -0.05) is 62.4 Å². The van der Waals surface area contributed by atoms with Crippen LogP contribution in [0.1, 0.15) is 41.8 Å². The number of aryl methyl sites for hydroxylation is 1. The number of benzene rings is 3. The van der Waals surface area contributed by atoms with E-state index in [0.29, 0.717) is 24.7 Å². The number of hydrogen-bond donors (Lipinski definition) is 3. The number of carboxylic acid groups (broad SMARTS) is 1. The van der Waals surface area contributed by atoms with Crippen molar-refractivity contribution in [1.29, 1.82) is 0 Å². The molecule has 1 atom stereocenters. The summed E-state index contributed by atoms with van der Waals surface area (Å²) in [4.78, 5) is 22.8. The fourth-order valence-electron chi connectivity index (χ4n) is 3.94. The number of carbonyl (C=O) groups excluding carboxylic acids is 1. The van der Waals surface area contributed by atoms with Gasteiger partial charge >= 0.3 is 5.97 Å². The number of aliphatic carboxylic acids is 1. The van der Waals surface area contributed by atoms with E-state index < -0.39 is 5.97 Å². The normalized spacial score (nSPS) is 11.8. The molecule has 0 radical (unpaired) electrons. The van der Waals surface area contributed by atoms with Gasteiger partial charge in [0.2, 0.25) is 0 Å². The van der Waals surface area contributed by atoms with Crippen LogP contribution < -0.4 is 10.6 Å². The van der Waals surface area contributed by atoms with Gasteiger partial charge in [0.1, 0.15) is 0 Å². The first-order valence-corrected chi connectivity index (χ1v) is 12.4. The summed E-state index contributed by atoms with van der Waals surface area (Å²) in [5.74, 6) is -0.767. The third-order valence-electron chi connectivity index (χ3n) is 5.80. The number of hydrogen-bond acceptors (Lipinski definition) is 4. The van der Waals surface area contributed by atoms with Gasteiger partial charge in [0.25, 0.3) is 5.91 Å². The van der Waals surface area contributed by atoms with Crippen molar-refractivity contribution in [2.45, 2.75) is 39.7 Å². The molecule has 0 fully saturated rings. The number of carboxylic acids is 1. The molecule has 190 valence electrons. The molecule has 6 heteroatoms. The zero-order chi connectivity index (χ0) is 25.9. The summed E-state index contributed by atoms with van der Waals surface area (Å²) in [6, 6.07) is 24.3. The summed E-state index contributed by atoms with van der Waals surface area (Å²) in [5.41, 5.74) is 6.30. The van der Waals surface area contributed by atoms with Crippen molar-refractivity contribution in [3.05, 3.63) is 89.5 Å². The highest BCUT2D eigenvalue weighted by Gasteiger charge is 2.13. The average molecular weight is 489 g/mol. The summed E-state index contributed by atoms with van der Waals surface area (Å²) in [5, 5.41) is 14.9. The highest BCUT2D eigenvalue weighted by Crippen LogP contribution is 2.24. The number of anilines is 1. The highest BCUT2D eigenvalue weighted by atomic mass is 16.5. The lowest BCUT2D eigenvalue weighted by molar-refractivity contribution is -0.136. The predicted octanol–water partition coefficient (Wildman–Crippen LogP) is 5.56. The predicted molar refractivity (Wildman–Crippen MR) is 144 cm³/mol. The number of carbonyl (C=O) groups is 2. The van der Waals surface area contributed by atoms with E-state index in [-0.39, 0.29) is 24.9 Å². The number of rotatable bonds is 13. The van der Waals surface area contributed by atoms with Crippen LogP contribution in [0.4, 0.5) is 5.69 Å². The molecular formula is C30H36N2O4. The van der Waals surface area contributed by atoms with E-state index in [2.05, 4.69) is 79.9 Å². The fraction of sp³-hybridized carbons (Fsp3) is 0.333. The van der Waals surface area contributed by atoms with E-state index in [9.17, 15) is 9.59 Å². The molecule has 1 amide bonds. The number of ether oxygens (including phenoxy) is 1. The first-order chi connectivity index (χ1) is 17.3. The summed E-state index contributed by atoms with van der Waals surface area (Å²) >= 11 is 0. The van der Waals surface area contributed by atoms with Gasteiger partial charge in [0.15, 0.2) is 0 Å². The van der Waals surface area contributed by atoms with E-state index in [0.717, 1.165) is 12.1 Å². The molecule has 3 rings (SSSR count). The Kier molecular flexibility index (Phi) is 10.1. The van der Waals surface area contributed by atoms with Gasteiger partial charge < -0.3 is 20.5 Å². The van der Waals surface area contributed by atoms with Crippen molar-refractivity contribution in [1.82, 2.24) is 5.32 Å². The van der Waals surface area contributed by atoms with Crippen LogP contribution in [-0.2, 0) is 16.0 Å². The van der Waals surface area contributed by atoms with E-state index in [1.807, 2.05) is 12.1 Å². The first kappa shape index (κ1) is 27.0. The van der Waals surface area contributed by atoms with Crippen LogP contribution in [0.3, 0.4) is 0 Å². The molecule has 0 aromatic heterocycles. The molecule has 0 saturated heterocycles. The Labute approximate surface area is 213 Å². The average Bonchev–Trinajstić information content (AvgIpc) is 2.85. The SMILES string of the molecule is Cc1ccccc1-c1ccc(C[C@@H](COCC(C)C)Nc2ccc(C(=O)NCCC(=O)O)cc2)cc1. The third-order valence-corrected chi connectivity index (χ3v) is 5.80. The maximum Gasteiger partial charge on any atom is 0.305 e. The van der Waals surface area contributed by atoms with Gasteiger partial charge in [0.05, 0.1) is 19.1 Å². The second-order valence-electron chi connectivity index (χ2n) is 9.47. The van der Waals surface area contributed by atoms with E-state index >= 15 is 0 Å². The van der Waals surface area contributed by atoms with Crippen molar-refractivity contribution in [2.75, 3.05) is 25.1 Å². The minimum atomic E-state index is -0.939. The molecule has 3 aromatic rings. The molecule has 3 N–H and O–H groups in total. The van der Waals surface area contributed by atoms with Crippen molar-refractivity contribution in [3.8, 4) is 11.1 Å². The zero-order valence-corrected chi connectivity index (χ0v) is 21.3. The van der Waals surface area contributed by atoms with Crippen LogP contribution in [0.25, 0.3) is 11.1 Å².